The van der Waals surface area contributed by atoms with E-state index in [0.717, 1.165) is 12.1 Å². The number of carbonyl (C=O) groups is 1. The molecule has 0 saturated heterocycles. The normalized spacial score (nSPS) is 11.4. The number of hydrogen-bond donors (Lipinski definition) is 1. The Labute approximate surface area is 94.4 Å². The molecule has 0 bridgehead atoms. The molecule has 8 heteroatoms. The molecular formula is C7H3Cl2FO4S. The number of carboxylic acid groups (broad SMARTS) is 1. The van der Waals surface area contributed by atoms with Gasteiger partial charge in [-0.25, -0.2) is 4.79 Å². The van der Waals surface area contributed by atoms with E-state index in [1.165, 1.54) is 0 Å². The summed E-state index contributed by atoms with van der Waals surface area (Å²) in [4.78, 5) is 9.72. The number of halogens is 3. The van der Waals surface area contributed by atoms with Crippen molar-refractivity contribution in [1.82, 2.24) is 0 Å². The van der Waals surface area contributed by atoms with Crippen LogP contribution in [0.25, 0.3) is 0 Å². The molecule has 0 aliphatic rings. The Morgan fingerprint density at radius 1 is 1.33 bits per heavy atom. The van der Waals surface area contributed by atoms with E-state index >= 15 is 0 Å². The highest BCUT2D eigenvalue weighted by molar-refractivity contribution is 7.86. The zero-order valence-electron chi connectivity index (χ0n) is 6.87. The van der Waals surface area contributed by atoms with Gasteiger partial charge in [-0.05, 0) is 12.1 Å². The maximum Gasteiger partial charge on any atom is 0.338 e. The van der Waals surface area contributed by atoms with Gasteiger partial charge in [-0.2, -0.15) is 8.42 Å². The van der Waals surface area contributed by atoms with Crippen LogP contribution in [0.4, 0.5) is 3.89 Å². The predicted molar refractivity (Wildman–Crippen MR) is 51.7 cm³/mol. The molecule has 0 aliphatic carbocycles. The van der Waals surface area contributed by atoms with Crippen LogP contribution in [-0.2, 0) is 10.2 Å². The summed E-state index contributed by atoms with van der Waals surface area (Å²) >= 11 is 10.9. The van der Waals surface area contributed by atoms with Gasteiger partial charge in [0.15, 0.2) is 0 Å². The summed E-state index contributed by atoms with van der Waals surface area (Å²) in [6.45, 7) is 0. The molecule has 1 aromatic rings. The molecule has 15 heavy (non-hydrogen) atoms. The second-order valence-electron chi connectivity index (χ2n) is 2.48. The van der Waals surface area contributed by atoms with Gasteiger partial charge in [0.1, 0.15) is 4.90 Å². The van der Waals surface area contributed by atoms with Crippen molar-refractivity contribution in [2.45, 2.75) is 4.90 Å². The summed E-state index contributed by atoms with van der Waals surface area (Å²) in [5, 5.41) is 7.65. The zero-order chi connectivity index (χ0) is 11.8. The maximum absolute atomic E-state index is 12.6. The average Bonchev–Trinajstić information content (AvgIpc) is 2.00. The van der Waals surface area contributed by atoms with Gasteiger partial charge in [-0.1, -0.05) is 23.2 Å². The second kappa shape index (κ2) is 3.96. The standard InChI is InChI=1S/C7H3Cl2FO4S/c8-3-1-2-4(15(10,13)14)6(9)5(3)7(11)12/h1-2H,(H,11,12). The summed E-state index contributed by atoms with van der Waals surface area (Å²) in [5.41, 5.74) is -0.642. The fourth-order valence-corrected chi connectivity index (χ4v) is 2.27. The highest BCUT2D eigenvalue weighted by atomic mass is 35.5. The minimum atomic E-state index is -5.06. The molecule has 1 rings (SSSR count). The number of benzene rings is 1. The van der Waals surface area contributed by atoms with Crippen LogP contribution in [0.15, 0.2) is 17.0 Å². The van der Waals surface area contributed by atoms with E-state index in [1.807, 2.05) is 0 Å². The molecule has 0 aliphatic heterocycles. The molecule has 0 unspecified atom stereocenters. The minimum absolute atomic E-state index is 0.264. The predicted octanol–water partition coefficient (Wildman–Crippen LogP) is 2.35. The first-order valence-electron chi connectivity index (χ1n) is 3.41. The zero-order valence-corrected chi connectivity index (χ0v) is 9.20. The molecule has 0 radical (unpaired) electrons. The molecular weight excluding hydrogens is 270 g/mol. The number of aromatic carboxylic acids is 1. The van der Waals surface area contributed by atoms with Crippen LogP contribution in [0.3, 0.4) is 0 Å². The number of hydrogen-bond acceptors (Lipinski definition) is 3. The summed E-state index contributed by atoms with van der Waals surface area (Å²) in [5.74, 6) is -1.53. The van der Waals surface area contributed by atoms with Crippen LogP contribution in [-0.4, -0.2) is 19.5 Å². The van der Waals surface area contributed by atoms with Crippen LogP contribution < -0.4 is 0 Å². The van der Waals surface area contributed by atoms with Gasteiger partial charge >= 0.3 is 16.2 Å². The van der Waals surface area contributed by atoms with E-state index in [0.29, 0.717) is 0 Å². The quantitative estimate of drug-likeness (QED) is 0.839. The molecule has 1 N–H and O–H groups in total. The van der Waals surface area contributed by atoms with Crippen molar-refractivity contribution in [3.05, 3.63) is 27.7 Å². The van der Waals surface area contributed by atoms with Crippen molar-refractivity contribution in [3.63, 3.8) is 0 Å². The Hall–Kier alpha value is -0.850. The maximum atomic E-state index is 12.6. The van der Waals surface area contributed by atoms with Crippen LogP contribution in [0.1, 0.15) is 10.4 Å². The topological polar surface area (TPSA) is 71.4 Å². The van der Waals surface area contributed by atoms with Crippen molar-refractivity contribution >= 4 is 39.4 Å². The Morgan fingerprint density at radius 3 is 2.27 bits per heavy atom. The monoisotopic (exact) mass is 272 g/mol. The van der Waals surface area contributed by atoms with Gasteiger partial charge < -0.3 is 5.11 Å². The van der Waals surface area contributed by atoms with E-state index < -0.39 is 31.7 Å². The molecule has 4 nitrogen and oxygen atoms in total. The van der Waals surface area contributed by atoms with Crippen molar-refractivity contribution in [1.29, 1.82) is 0 Å². The van der Waals surface area contributed by atoms with Crippen LogP contribution in [0.5, 0.6) is 0 Å². The van der Waals surface area contributed by atoms with Gasteiger partial charge in [0.25, 0.3) is 0 Å². The van der Waals surface area contributed by atoms with Gasteiger partial charge in [-0.3, -0.25) is 0 Å². The third kappa shape index (κ3) is 2.39. The van der Waals surface area contributed by atoms with Crippen molar-refractivity contribution < 1.29 is 22.2 Å². The van der Waals surface area contributed by atoms with Crippen LogP contribution in [0.2, 0.25) is 10.0 Å². The summed E-state index contributed by atoms with van der Waals surface area (Å²) in [7, 11) is -5.06. The fourth-order valence-electron chi connectivity index (χ4n) is 0.918. The molecule has 0 amide bonds. The van der Waals surface area contributed by atoms with Gasteiger partial charge in [0, 0.05) is 0 Å². The molecule has 0 atom stereocenters. The first-order chi connectivity index (χ1) is 6.75. The lowest BCUT2D eigenvalue weighted by atomic mass is 10.2. The largest absolute Gasteiger partial charge is 0.478 e. The first kappa shape index (κ1) is 12.2. The Morgan fingerprint density at radius 2 is 1.87 bits per heavy atom. The summed E-state index contributed by atoms with van der Waals surface area (Å²) in [6.07, 6.45) is 0. The second-order valence-corrected chi connectivity index (χ2v) is 4.58. The third-order valence-corrected chi connectivity index (χ3v) is 3.22. The van der Waals surface area contributed by atoms with Crippen molar-refractivity contribution in [3.8, 4) is 0 Å². The summed E-state index contributed by atoms with van der Waals surface area (Å²) in [6, 6.07) is 1.75. The van der Waals surface area contributed by atoms with E-state index in [1.54, 1.807) is 0 Å². The number of carboxylic acids is 1. The lowest BCUT2D eigenvalue weighted by Gasteiger charge is -2.04. The average molecular weight is 273 g/mol. The number of rotatable bonds is 2. The van der Waals surface area contributed by atoms with Gasteiger partial charge in [0.05, 0.1) is 15.6 Å². The Balaban J connectivity index is 3.64. The van der Waals surface area contributed by atoms with Crippen molar-refractivity contribution in [2.75, 3.05) is 0 Å². The lowest BCUT2D eigenvalue weighted by Crippen LogP contribution is -2.03. The Bertz CT molecular complexity index is 526. The molecule has 82 valence electrons. The fraction of sp³-hybridized carbons (Fsp3) is 0. The van der Waals surface area contributed by atoms with E-state index in [2.05, 4.69) is 0 Å². The molecule has 1 aromatic carbocycles. The van der Waals surface area contributed by atoms with E-state index in [4.69, 9.17) is 28.3 Å². The Kier molecular flexibility index (Phi) is 3.22. The molecule has 0 spiro atoms. The van der Waals surface area contributed by atoms with E-state index in [-0.39, 0.29) is 5.02 Å². The highest BCUT2D eigenvalue weighted by Crippen LogP contribution is 2.31. The van der Waals surface area contributed by atoms with Crippen LogP contribution in [0, 0.1) is 0 Å². The third-order valence-electron chi connectivity index (χ3n) is 1.53. The van der Waals surface area contributed by atoms with Crippen molar-refractivity contribution in [2.24, 2.45) is 0 Å². The minimum Gasteiger partial charge on any atom is -0.478 e. The van der Waals surface area contributed by atoms with Gasteiger partial charge in [0.2, 0.25) is 0 Å². The molecule has 0 saturated carbocycles. The molecule has 0 fully saturated rings. The molecule has 0 heterocycles. The van der Waals surface area contributed by atoms with Gasteiger partial charge in [-0.15, -0.1) is 3.89 Å². The smallest absolute Gasteiger partial charge is 0.338 e. The first-order valence-corrected chi connectivity index (χ1v) is 5.55. The SMILES string of the molecule is O=C(O)c1c(Cl)ccc(S(=O)(=O)F)c1Cl. The summed E-state index contributed by atoms with van der Waals surface area (Å²) < 4.78 is 33.7. The van der Waals surface area contributed by atoms with Crippen LogP contribution >= 0.6 is 23.2 Å². The van der Waals surface area contributed by atoms with E-state index in [9.17, 15) is 17.1 Å². The highest BCUT2D eigenvalue weighted by Gasteiger charge is 2.24. The molecule has 0 aromatic heterocycles. The lowest BCUT2D eigenvalue weighted by molar-refractivity contribution is 0.0697.